The van der Waals surface area contributed by atoms with Crippen LogP contribution in [-0.2, 0) is 13.0 Å². The first-order valence-electron chi connectivity index (χ1n) is 8.78. The topological polar surface area (TPSA) is 8.17 Å². The fourth-order valence-corrected chi connectivity index (χ4v) is 6.04. The Hall–Kier alpha value is -1.29. The van der Waals surface area contributed by atoms with Gasteiger partial charge in [-0.05, 0) is 43.5 Å². The van der Waals surface area contributed by atoms with E-state index in [9.17, 15) is 0 Å². The molecule has 6 rings (SSSR count). The maximum atomic E-state index is 6.39. The predicted octanol–water partition coefficient (Wildman–Crippen LogP) is 5.46. The Labute approximate surface area is 151 Å². The number of piperidine rings is 1. The zero-order chi connectivity index (χ0) is 16.3. The summed E-state index contributed by atoms with van der Waals surface area (Å²) in [6.45, 7) is 2.26. The van der Waals surface area contributed by atoms with Crippen LogP contribution in [0.25, 0.3) is 10.2 Å². The van der Waals surface area contributed by atoms with Gasteiger partial charge in [-0.3, -0.25) is 4.90 Å². The molecule has 0 N–H and O–H groups in total. The molecule has 1 saturated heterocycles. The third-order valence-electron chi connectivity index (χ3n) is 5.80. The summed E-state index contributed by atoms with van der Waals surface area (Å²) < 4.78 is 3.51. The van der Waals surface area contributed by atoms with Crippen molar-refractivity contribution >= 4 is 33.2 Å². The number of hydrogen-bond donors (Lipinski definition) is 0. The summed E-state index contributed by atoms with van der Waals surface area (Å²) in [7, 11) is 2.28. The van der Waals surface area contributed by atoms with Crippen molar-refractivity contribution in [2.75, 3.05) is 13.6 Å². The lowest BCUT2D eigenvalue weighted by molar-refractivity contribution is 0.142. The highest BCUT2D eigenvalue weighted by Crippen LogP contribution is 2.52. The van der Waals surface area contributed by atoms with Crippen molar-refractivity contribution in [1.29, 1.82) is 0 Å². The summed E-state index contributed by atoms with van der Waals surface area (Å²) in [6.07, 6.45) is 3.71. The fourth-order valence-electron chi connectivity index (χ4n) is 4.77. The van der Waals surface area contributed by atoms with E-state index in [0.717, 1.165) is 17.3 Å². The summed E-state index contributed by atoms with van der Waals surface area (Å²) >= 11 is 8.14. The Balaban J connectivity index is 1.62. The van der Waals surface area contributed by atoms with Gasteiger partial charge in [-0.25, -0.2) is 0 Å². The first-order chi connectivity index (χ1) is 11.7. The largest absolute Gasteiger partial charge is 0.335 e. The Bertz CT molecular complexity index is 895. The lowest BCUT2D eigenvalue weighted by Crippen LogP contribution is -2.40. The molecule has 3 aliphatic rings. The van der Waals surface area contributed by atoms with Crippen molar-refractivity contribution in [3.05, 3.63) is 57.6 Å². The van der Waals surface area contributed by atoms with Gasteiger partial charge in [0.1, 0.15) is 4.83 Å². The Morgan fingerprint density at radius 2 is 2.04 bits per heavy atom. The molecule has 2 unspecified atom stereocenters. The minimum Gasteiger partial charge on any atom is -0.335 e. The van der Waals surface area contributed by atoms with Crippen LogP contribution in [0.4, 0.5) is 0 Å². The SMILES string of the molecule is CN1CC2CCC1c1c2n(CCc2ccccc2)c2sc(Cl)cc12. The van der Waals surface area contributed by atoms with Crippen LogP contribution in [0.1, 0.15) is 41.6 Å². The molecule has 1 aromatic carbocycles. The molecule has 1 aliphatic carbocycles. The predicted molar refractivity (Wildman–Crippen MR) is 102 cm³/mol. The van der Waals surface area contributed by atoms with Crippen LogP contribution in [-0.4, -0.2) is 23.1 Å². The van der Waals surface area contributed by atoms with E-state index in [-0.39, 0.29) is 0 Å². The minimum atomic E-state index is 0.580. The minimum absolute atomic E-state index is 0.580. The molecular weight excluding hydrogens is 336 g/mol. The molecule has 4 heterocycles. The maximum absolute atomic E-state index is 6.39. The molecule has 1 fully saturated rings. The van der Waals surface area contributed by atoms with Crippen molar-refractivity contribution in [3.63, 3.8) is 0 Å². The van der Waals surface area contributed by atoms with Gasteiger partial charge in [0, 0.05) is 36.1 Å². The van der Waals surface area contributed by atoms with Gasteiger partial charge in [-0.1, -0.05) is 41.9 Å². The molecule has 0 saturated carbocycles. The van der Waals surface area contributed by atoms with Gasteiger partial charge >= 0.3 is 0 Å². The van der Waals surface area contributed by atoms with E-state index in [0.29, 0.717) is 12.0 Å². The van der Waals surface area contributed by atoms with E-state index in [2.05, 4.69) is 52.9 Å². The van der Waals surface area contributed by atoms with Crippen LogP contribution >= 0.6 is 22.9 Å². The van der Waals surface area contributed by atoms with Gasteiger partial charge in [-0.15, -0.1) is 11.3 Å². The van der Waals surface area contributed by atoms with Crippen molar-refractivity contribution in [1.82, 2.24) is 9.47 Å². The number of rotatable bonds is 3. The van der Waals surface area contributed by atoms with E-state index >= 15 is 0 Å². The number of thiophene rings is 1. The van der Waals surface area contributed by atoms with Gasteiger partial charge in [0.05, 0.1) is 4.34 Å². The zero-order valence-corrected chi connectivity index (χ0v) is 15.4. The number of aromatic nitrogens is 1. The summed E-state index contributed by atoms with van der Waals surface area (Å²) in [6, 6.07) is 13.6. The van der Waals surface area contributed by atoms with Crippen LogP contribution in [0.3, 0.4) is 0 Å². The summed E-state index contributed by atoms with van der Waals surface area (Å²) in [5.74, 6) is 0.684. The van der Waals surface area contributed by atoms with Gasteiger partial charge < -0.3 is 4.57 Å². The first kappa shape index (κ1) is 15.0. The average Bonchev–Trinajstić information content (AvgIpc) is 3.11. The molecule has 2 nitrogen and oxygen atoms in total. The van der Waals surface area contributed by atoms with E-state index in [1.54, 1.807) is 22.6 Å². The molecule has 2 atom stereocenters. The van der Waals surface area contributed by atoms with Crippen LogP contribution in [0.5, 0.6) is 0 Å². The Kier molecular flexibility index (Phi) is 3.51. The zero-order valence-electron chi connectivity index (χ0n) is 13.8. The Morgan fingerprint density at radius 3 is 2.83 bits per heavy atom. The summed E-state index contributed by atoms with van der Waals surface area (Å²) in [5, 5.41) is 1.41. The monoisotopic (exact) mass is 356 g/mol. The van der Waals surface area contributed by atoms with Crippen LogP contribution in [0.2, 0.25) is 4.34 Å². The number of aryl methyl sites for hydroxylation is 2. The highest BCUT2D eigenvalue weighted by molar-refractivity contribution is 7.22. The van der Waals surface area contributed by atoms with E-state index in [1.807, 2.05) is 0 Å². The maximum Gasteiger partial charge on any atom is 0.104 e. The molecule has 2 aliphatic heterocycles. The van der Waals surface area contributed by atoms with E-state index in [4.69, 9.17) is 11.6 Å². The molecule has 2 aromatic heterocycles. The fraction of sp³-hybridized carbons (Fsp3) is 0.400. The van der Waals surface area contributed by atoms with Crippen LogP contribution in [0.15, 0.2) is 36.4 Å². The van der Waals surface area contributed by atoms with Crippen molar-refractivity contribution in [2.24, 2.45) is 0 Å². The number of benzene rings is 1. The lowest BCUT2D eigenvalue weighted by Gasteiger charge is -2.44. The lowest BCUT2D eigenvalue weighted by atomic mass is 9.78. The summed E-state index contributed by atoms with van der Waals surface area (Å²) in [4.78, 5) is 3.93. The van der Waals surface area contributed by atoms with Gasteiger partial charge in [-0.2, -0.15) is 0 Å². The highest BCUT2D eigenvalue weighted by atomic mass is 35.5. The number of nitrogens with zero attached hydrogens (tertiary/aromatic N) is 2. The van der Waals surface area contributed by atoms with Gasteiger partial charge in [0.25, 0.3) is 0 Å². The second-order valence-electron chi connectivity index (χ2n) is 7.19. The molecule has 124 valence electrons. The molecule has 0 radical (unpaired) electrons. The highest BCUT2D eigenvalue weighted by Gasteiger charge is 2.41. The normalized spacial score (nSPS) is 23.1. The molecular formula is C20H21ClN2S. The van der Waals surface area contributed by atoms with Crippen LogP contribution in [0, 0.1) is 0 Å². The average molecular weight is 357 g/mol. The first-order valence-corrected chi connectivity index (χ1v) is 9.97. The van der Waals surface area contributed by atoms with Crippen LogP contribution < -0.4 is 0 Å². The smallest absolute Gasteiger partial charge is 0.104 e. The molecule has 4 heteroatoms. The summed E-state index contributed by atoms with van der Waals surface area (Å²) in [5.41, 5.74) is 4.60. The third-order valence-corrected chi connectivity index (χ3v) is 7.09. The van der Waals surface area contributed by atoms with Crippen molar-refractivity contribution in [2.45, 2.75) is 37.8 Å². The molecule has 2 bridgehead atoms. The second-order valence-corrected chi connectivity index (χ2v) is 8.85. The van der Waals surface area contributed by atoms with E-state index in [1.165, 1.54) is 35.2 Å². The van der Waals surface area contributed by atoms with Crippen molar-refractivity contribution in [3.8, 4) is 0 Å². The van der Waals surface area contributed by atoms with E-state index < -0.39 is 0 Å². The number of fused-ring (bicyclic) bond motifs is 3. The molecule has 0 amide bonds. The standard InChI is InChI=1S/C20H21ClN2S/c1-22-12-14-7-8-16(22)18-15-11-17(21)24-20(15)23(19(14)18)10-9-13-5-3-2-4-6-13/h2-6,11,14,16H,7-10,12H2,1H3. The molecule has 3 aromatic rings. The van der Waals surface area contributed by atoms with Gasteiger partial charge in [0.15, 0.2) is 0 Å². The quantitative estimate of drug-likeness (QED) is 0.604. The number of likely N-dealkylation sites (N-methyl/N-ethyl adjacent to an activating group) is 1. The second kappa shape index (κ2) is 5.62. The Morgan fingerprint density at radius 1 is 1.21 bits per heavy atom. The number of halogens is 1. The molecule has 0 spiro atoms. The third kappa shape index (κ3) is 2.18. The van der Waals surface area contributed by atoms with Gasteiger partial charge in [0.2, 0.25) is 0 Å². The molecule has 24 heavy (non-hydrogen) atoms. The van der Waals surface area contributed by atoms with Crippen molar-refractivity contribution < 1.29 is 0 Å². The number of hydrogen-bond acceptors (Lipinski definition) is 2.